The monoisotopic (exact) mass is 509 g/mol. The summed E-state index contributed by atoms with van der Waals surface area (Å²) < 4.78 is 28.4. The van der Waals surface area contributed by atoms with Gasteiger partial charge >= 0.3 is 0 Å². The molecule has 0 saturated carbocycles. The predicted molar refractivity (Wildman–Crippen MR) is 118 cm³/mol. The SMILES string of the molecule is O=C(CN(Cc1ccc(Br)cc1)S(=O)(=O)c1ccccc1)NCCSc1ncn[nH]1. The van der Waals surface area contributed by atoms with Gasteiger partial charge in [-0.1, -0.05) is 58.0 Å². The molecule has 3 aromatic rings. The molecule has 0 bridgehead atoms. The number of rotatable bonds is 10. The van der Waals surface area contributed by atoms with Crippen LogP contribution in [0.1, 0.15) is 5.56 Å². The Kier molecular flexibility index (Phi) is 8.02. The second-order valence-electron chi connectivity index (χ2n) is 6.20. The molecule has 30 heavy (non-hydrogen) atoms. The molecule has 11 heteroatoms. The van der Waals surface area contributed by atoms with Crippen molar-refractivity contribution < 1.29 is 13.2 Å². The van der Waals surface area contributed by atoms with Gasteiger partial charge in [-0.3, -0.25) is 9.89 Å². The van der Waals surface area contributed by atoms with Crippen LogP contribution in [0.25, 0.3) is 0 Å². The van der Waals surface area contributed by atoms with Crippen LogP contribution in [-0.4, -0.2) is 52.7 Å². The summed E-state index contributed by atoms with van der Waals surface area (Å²) in [6.45, 7) is 0.187. The Morgan fingerprint density at radius 2 is 1.87 bits per heavy atom. The average Bonchev–Trinajstić information content (AvgIpc) is 3.26. The molecule has 8 nitrogen and oxygen atoms in total. The minimum atomic E-state index is -3.84. The first-order valence-electron chi connectivity index (χ1n) is 8.99. The smallest absolute Gasteiger partial charge is 0.243 e. The minimum absolute atomic E-state index is 0.0880. The first-order valence-corrected chi connectivity index (χ1v) is 12.2. The van der Waals surface area contributed by atoms with E-state index in [9.17, 15) is 13.2 Å². The van der Waals surface area contributed by atoms with Crippen LogP contribution in [0, 0.1) is 0 Å². The molecule has 0 aliphatic carbocycles. The standard InChI is InChI=1S/C19H20BrN5O3S2/c20-16-8-6-15(7-9-16)12-25(30(27,28)17-4-2-1-3-5-17)13-18(26)21-10-11-29-19-22-14-23-24-19/h1-9,14H,10-13H2,(H,21,26)(H,22,23,24). The summed E-state index contributed by atoms with van der Waals surface area (Å²) >= 11 is 4.78. The lowest BCUT2D eigenvalue weighted by molar-refractivity contribution is -0.121. The van der Waals surface area contributed by atoms with Gasteiger partial charge in [-0.25, -0.2) is 13.4 Å². The summed E-state index contributed by atoms with van der Waals surface area (Å²) in [5.74, 6) is 0.212. The van der Waals surface area contributed by atoms with Gasteiger partial charge in [0.05, 0.1) is 11.4 Å². The van der Waals surface area contributed by atoms with E-state index in [-0.39, 0.29) is 23.9 Å². The summed E-state index contributed by atoms with van der Waals surface area (Å²) in [4.78, 5) is 16.6. The van der Waals surface area contributed by atoms with Crippen molar-refractivity contribution in [1.29, 1.82) is 0 Å². The molecule has 0 saturated heterocycles. The fraction of sp³-hybridized carbons (Fsp3) is 0.211. The number of benzene rings is 2. The molecular formula is C19H20BrN5O3S2. The Morgan fingerprint density at radius 1 is 1.13 bits per heavy atom. The van der Waals surface area contributed by atoms with E-state index in [1.807, 2.05) is 24.3 Å². The number of hydrogen-bond acceptors (Lipinski definition) is 6. The summed E-state index contributed by atoms with van der Waals surface area (Å²) in [6, 6.07) is 15.4. The summed E-state index contributed by atoms with van der Waals surface area (Å²) in [5.41, 5.74) is 0.784. The maximum absolute atomic E-state index is 13.1. The Hall–Kier alpha value is -2.21. The highest BCUT2D eigenvalue weighted by atomic mass is 79.9. The van der Waals surface area contributed by atoms with Crippen molar-refractivity contribution in [1.82, 2.24) is 24.8 Å². The second kappa shape index (κ2) is 10.7. The lowest BCUT2D eigenvalue weighted by Crippen LogP contribution is -2.40. The Bertz CT molecular complexity index is 1050. The average molecular weight is 510 g/mol. The van der Waals surface area contributed by atoms with Crippen LogP contribution >= 0.6 is 27.7 Å². The van der Waals surface area contributed by atoms with Crippen LogP contribution < -0.4 is 5.32 Å². The number of aromatic nitrogens is 3. The van der Waals surface area contributed by atoms with Gasteiger partial charge in [0.1, 0.15) is 6.33 Å². The number of hydrogen-bond donors (Lipinski definition) is 2. The van der Waals surface area contributed by atoms with Gasteiger partial charge in [-0.05, 0) is 29.8 Å². The first-order chi connectivity index (χ1) is 14.4. The molecule has 1 amide bonds. The topological polar surface area (TPSA) is 108 Å². The van der Waals surface area contributed by atoms with Crippen LogP contribution in [0.5, 0.6) is 0 Å². The fourth-order valence-electron chi connectivity index (χ4n) is 2.58. The summed E-state index contributed by atoms with van der Waals surface area (Å²) in [7, 11) is -3.84. The predicted octanol–water partition coefficient (Wildman–Crippen LogP) is 2.67. The number of sulfonamides is 1. The number of amides is 1. The largest absolute Gasteiger partial charge is 0.354 e. The molecule has 3 rings (SSSR count). The lowest BCUT2D eigenvalue weighted by Gasteiger charge is -2.22. The van der Waals surface area contributed by atoms with E-state index < -0.39 is 10.0 Å². The number of carbonyl (C=O) groups excluding carboxylic acids is 1. The van der Waals surface area contributed by atoms with Gasteiger partial charge in [0.25, 0.3) is 0 Å². The molecule has 1 aromatic heterocycles. The zero-order valence-corrected chi connectivity index (χ0v) is 19.1. The normalized spacial score (nSPS) is 11.5. The van der Waals surface area contributed by atoms with Gasteiger partial charge in [-0.2, -0.15) is 9.40 Å². The number of H-pyrrole nitrogens is 1. The highest BCUT2D eigenvalue weighted by molar-refractivity contribution is 9.10. The molecule has 0 aliphatic heterocycles. The molecular weight excluding hydrogens is 490 g/mol. The number of thioether (sulfide) groups is 1. The van der Waals surface area contributed by atoms with E-state index in [1.54, 1.807) is 18.2 Å². The van der Waals surface area contributed by atoms with E-state index in [2.05, 4.69) is 36.4 Å². The fourth-order valence-corrected chi connectivity index (χ4v) is 4.89. The maximum Gasteiger partial charge on any atom is 0.243 e. The molecule has 0 fully saturated rings. The maximum atomic E-state index is 13.1. The third-order valence-electron chi connectivity index (χ3n) is 4.03. The van der Waals surface area contributed by atoms with Crippen LogP contribution in [0.15, 0.2) is 75.4 Å². The molecule has 2 aromatic carbocycles. The third kappa shape index (κ3) is 6.39. The number of carbonyl (C=O) groups is 1. The van der Waals surface area contributed by atoms with E-state index in [0.29, 0.717) is 17.5 Å². The van der Waals surface area contributed by atoms with E-state index in [1.165, 1.54) is 34.5 Å². The third-order valence-corrected chi connectivity index (χ3v) is 7.24. The van der Waals surface area contributed by atoms with E-state index in [4.69, 9.17) is 0 Å². The van der Waals surface area contributed by atoms with Crippen molar-refractivity contribution >= 4 is 43.6 Å². The van der Waals surface area contributed by atoms with Gasteiger partial charge < -0.3 is 5.32 Å². The minimum Gasteiger partial charge on any atom is -0.354 e. The van der Waals surface area contributed by atoms with Crippen LogP contribution in [0.3, 0.4) is 0 Å². The number of nitrogens with one attached hydrogen (secondary N) is 2. The van der Waals surface area contributed by atoms with Crippen molar-refractivity contribution in [3.05, 3.63) is 71.0 Å². The van der Waals surface area contributed by atoms with Crippen molar-refractivity contribution in [3.63, 3.8) is 0 Å². The first kappa shape index (κ1) is 22.5. The molecule has 0 aliphatic rings. The zero-order chi connectivity index (χ0) is 21.4. The number of nitrogens with zero attached hydrogens (tertiary/aromatic N) is 3. The van der Waals surface area contributed by atoms with Gasteiger partial charge in [-0.15, -0.1) is 0 Å². The molecule has 0 radical (unpaired) electrons. The van der Waals surface area contributed by atoms with Crippen LogP contribution in [0.4, 0.5) is 0 Å². The molecule has 0 spiro atoms. The van der Waals surface area contributed by atoms with E-state index in [0.717, 1.165) is 10.0 Å². The number of aromatic amines is 1. The van der Waals surface area contributed by atoms with Crippen molar-refractivity contribution in [3.8, 4) is 0 Å². The Labute approximate surface area is 187 Å². The van der Waals surface area contributed by atoms with Crippen LogP contribution in [0.2, 0.25) is 0 Å². The van der Waals surface area contributed by atoms with Crippen molar-refractivity contribution in [2.75, 3.05) is 18.8 Å². The molecule has 0 unspecified atom stereocenters. The zero-order valence-electron chi connectivity index (χ0n) is 15.9. The highest BCUT2D eigenvalue weighted by Crippen LogP contribution is 2.19. The summed E-state index contributed by atoms with van der Waals surface area (Å²) in [5, 5.41) is 9.90. The molecule has 0 atom stereocenters. The Balaban J connectivity index is 1.67. The van der Waals surface area contributed by atoms with E-state index >= 15 is 0 Å². The van der Waals surface area contributed by atoms with Gasteiger partial charge in [0.2, 0.25) is 15.9 Å². The quantitative estimate of drug-likeness (QED) is 0.321. The van der Waals surface area contributed by atoms with Gasteiger partial charge in [0.15, 0.2) is 5.16 Å². The molecule has 2 N–H and O–H groups in total. The second-order valence-corrected chi connectivity index (χ2v) is 10.1. The lowest BCUT2D eigenvalue weighted by atomic mass is 10.2. The van der Waals surface area contributed by atoms with Crippen molar-refractivity contribution in [2.45, 2.75) is 16.6 Å². The number of halogens is 1. The molecule has 158 valence electrons. The molecule has 1 heterocycles. The van der Waals surface area contributed by atoms with Crippen LogP contribution in [-0.2, 0) is 21.4 Å². The van der Waals surface area contributed by atoms with Crippen molar-refractivity contribution in [2.24, 2.45) is 0 Å². The highest BCUT2D eigenvalue weighted by Gasteiger charge is 2.26. The van der Waals surface area contributed by atoms with Gasteiger partial charge in [0, 0.05) is 23.3 Å². The summed E-state index contributed by atoms with van der Waals surface area (Å²) in [6.07, 6.45) is 1.41. The Morgan fingerprint density at radius 3 is 2.53 bits per heavy atom.